The zero-order valence-corrected chi connectivity index (χ0v) is 15.6. The SMILES string of the molecule is CN(C)C(Br)CC(Oc1cccc2ccccc12)c1ccccc1. The topological polar surface area (TPSA) is 12.5 Å². The summed E-state index contributed by atoms with van der Waals surface area (Å²) in [5, 5.41) is 2.35. The van der Waals surface area contributed by atoms with E-state index in [0.717, 1.165) is 17.6 Å². The van der Waals surface area contributed by atoms with E-state index in [2.05, 4.69) is 102 Å². The Labute approximate surface area is 152 Å². The Kier molecular flexibility index (Phi) is 5.54. The maximum absolute atomic E-state index is 6.48. The maximum atomic E-state index is 6.48. The highest BCUT2D eigenvalue weighted by molar-refractivity contribution is 9.09. The molecule has 0 aliphatic rings. The minimum Gasteiger partial charge on any atom is -0.485 e. The summed E-state index contributed by atoms with van der Waals surface area (Å²) in [4.78, 5) is 2.40. The van der Waals surface area contributed by atoms with Crippen molar-refractivity contribution in [2.24, 2.45) is 0 Å². The summed E-state index contributed by atoms with van der Waals surface area (Å²) in [5.41, 5.74) is 1.19. The number of fused-ring (bicyclic) bond motifs is 1. The molecule has 3 heteroatoms. The van der Waals surface area contributed by atoms with Crippen LogP contribution in [-0.4, -0.2) is 23.9 Å². The minimum absolute atomic E-state index is 0.0104. The molecule has 2 nitrogen and oxygen atoms in total. The van der Waals surface area contributed by atoms with E-state index in [4.69, 9.17) is 4.74 Å². The Bertz CT molecular complexity index is 783. The Balaban J connectivity index is 1.93. The maximum Gasteiger partial charge on any atom is 0.128 e. The zero-order valence-electron chi connectivity index (χ0n) is 14.0. The van der Waals surface area contributed by atoms with E-state index in [-0.39, 0.29) is 11.1 Å². The van der Waals surface area contributed by atoms with Gasteiger partial charge in [-0.05, 0) is 31.1 Å². The van der Waals surface area contributed by atoms with Crippen molar-refractivity contribution in [3.8, 4) is 5.75 Å². The fourth-order valence-electron chi connectivity index (χ4n) is 2.76. The molecule has 0 N–H and O–H groups in total. The summed E-state index contributed by atoms with van der Waals surface area (Å²) < 4.78 is 6.48. The third kappa shape index (κ3) is 3.97. The monoisotopic (exact) mass is 383 g/mol. The Morgan fingerprint density at radius 2 is 1.54 bits per heavy atom. The molecule has 3 aromatic rings. The van der Waals surface area contributed by atoms with Gasteiger partial charge in [-0.1, -0.05) is 82.7 Å². The van der Waals surface area contributed by atoms with Gasteiger partial charge in [-0.2, -0.15) is 0 Å². The lowest BCUT2D eigenvalue weighted by atomic mass is 10.1. The normalized spacial score (nSPS) is 13.8. The van der Waals surface area contributed by atoms with Gasteiger partial charge in [-0.25, -0.2) is 0 Å². The lowest BCUT2D eigenvalue weighted by Crippen LogP contribution is -2.25. The van der Waals surface area contributed by atoms with Gasteiger partial charge in [0, 0.05) is 11.8 Å². The second-order valence-electron chi connectivity index (χ2n) is 6.13. The first kappa shape index (κ1) is 17.0. The van der Waals surface area contributed by atoms with Gasteiger partial charge >= 0.3 is 0 Å². The number of rotatable bonds is 6. The van der Waals surface area contributed by atoms with Crippen molar-refractivity contribution >= 4 is 26.7 Å². The third-order valence-corrected chi connectivity index (χ3v) is 5.35. The summed E-state index contributed by atoms with van der Waals surface area (Å²) in [5.74, 6) is 0.931. The van der Waals surface area contributed by atoms with Gasteiger partial charge < -0.3 is 4.74 Å². The second-order valence-corrected chi connectivity index (χ2v) is 7.19. The first-order chi connectivity index (χ1) is 11.6. The van der Waals surface area contributed by atoms with Gasteiger partial charge in [-0.3, -0.25) is 4.90 Å². The molecular weight excluding hydrogens is 362 g/mol. The molecule has 0 aromatic heterocycles. The molecule has 24 heavy (non-hydrogen) atoms. The van der Waals surface area contributed by atoms with Gasteiger partial charge in [0.1, 0.15) is 11.9 Å². The van der Waals surface area contributed by atoms with Crippen LogP contribution in [0.25, 0.3) is 10.8 Å². The van der Waals surface area contributed by atoms with Crippen LogP contribution >= 0.6 is 15.9 Å². The first-order valence-electron chi connectivity index (χ1n) is 8.15. The van der Waals surface area contributed by atoms with Crippen molar-refractivity contribution in [1.29, 1.82) is 0 Å². The summed E-state index contributed by atoms with van der Waals surface area (Å²) >= 11 is 3.75. The van der Waals surface area contributed by atoms with Crippen molar-refractivity contribution in [3.63, 3.8) is 0 Å². The van der Waals surface area contributed by atoms with Crippen LogP contribution < -0.4 is 4.74 Å². The second kappa shape index (κ2) is 7.82. The van der Waals surface area contributed by atoms with Crippen molar-refractivity contribution in [1.82, 2.24) is 4.90 Å². The predicted octanol–water partition coefficient (Wildman–Crippen LogP) is 5.63. The van der Waals surface area contributed by atoms with E-state index in [1.54, 1.807) is 0 Å². The molecule has 0 saturated heterocycles. The van der Waals surface area contributed by atoms with E-state index in [0.29, 0.717) is 0 Å². The number of halogens is 1. The number of ether oxygens (including phenoxy) is 1. The quantitative estimate of drug-likeness (QED) is 0.403. The Morgan fingerprint density at radius 3 is 2.29 bits per heavy atom. The number of nitrogens with zero attached hydrogens (tertiary/aromatic N) is 1. The molecule has 124 valence electrons. The molecule has 0 aliphatic carbocycles. The molecule has 0 bridgehead atoms. The van der Waals surface area contributed by atoms with E-state index < -0.39 is 0 Å². The average molecular weight is 384 g/mol. The minimum atomic E-state index is -0.0104. The fourth-order valence-corrected chi connectivity index (χ4v) is 3.10. The molecular formula is C21H22BrNO. The average Bonchev–Trinajstić information content (AvgIpc) is 2.62. The molecule has 3 aromatic carbocycles. The van der Waals surface area contributed by atoms with Crippen LogP contribution in [0.5, 0.6) is 5.75 Å². The summed E-state index contributed by atoms with van der Waals surface area (Å²) in [6.07, 6.45) is 0.851. The van der Waals surface area contributed by atoms with Crippen LogP contribution in [0.15, 0.2) is 72.8 Å². The molecule has 0 aliphatic heterocycles. The third-order valence-electron chi connectivity index (χ3n) is 4.16. The van der Waals surface area contributed by atoms with E-state index >= 15 is 0 Å². The van der Waals surface area contributed by atoms with E-state index in [9.17, 15) is 0 Å². The lowest BCUT2D eigenvalue weighted by molar-refractivity contribution is 0.175. The van der Waals surface area contributed by atoms with Crippen LogP contribution in [0.2, 0.25) is 0 Å². The molecule has 0 saturated carbocycles. The molecule has 2 atom stereocenters. The summed E-state index contributed by atoms with van der Waals surface area (Å²) in [6, 6.07) is 25.0. The summed E-state index contributed by atoms with van der Waals surface area (Å²) in [7, 11) is 4.14. The molecule has 0 heterocycles. The van der Waals surface area contributed by atoms with Crippen LogP contribution in [0.4, 0.5) is 0 Å². The van der Waals surface area contributed by atoms with Crippen LogP contribution in [-0.2, 0) is 0 Å². The standard InChI is InChI=1S/C21H22BrNO/c1-23(2)21(22)15-20(17-10-4-3-5-11-17)24-19-14-8-12-16-9-6-7-13-18(16)19/h3-14,20-21H,15H2,1-2H3. The Morgan fingerprint density at radius 1 is 0.875 bits per heavy atom. The van der Waals surface area contributed by atoms with Crippen LogP contribution in [0, 0.1) is 0 Å². The summed E-state index contributed by atoms with van der Waals surface area (Å²) in [6.45, 7) is 0. The smallest absolute Gasteiger partial charge is 0.128 e. The molecule has 2 unspecified atom stereocenters. The molecule has 3 rings (SSSR count). The number of hydrogen-bond donors (Lipinski definition) is 0. The highest BCUT2D eigenvalue weighted by atomic mass is 79.9. The molecule has 0 radical (unpaired) electrons. The van der Waals surface area contributed by atoms with E-state index in [1.165, 1.54) is 10.9 Å². The van der Waals surface area contributed by atoms with Crippen molar-refractivity contribution in [2.75, 3.05) is 14.1 Å². The van der Waals surface area contributed by atoms with Gasteiger partial charge in [0.05, 0.1) is 4.95 Å². The number of hydrogen-bond acceptors (Lipinski definition) is 2. The number of alkyl halides is 1. The van der Waals surface area contributed by atoms with Gasteiger partial charge in [0.15, 0.2) is 0 Å². The van der Waals surface area contributed by atoms with Crippen molar-refractivity contribution < 1.29 is 4.74 Å². The Hall–Kier alpha value is -1.84. The fraction of sp³-hybridized carbons (Fsp3) is 0.238. The first-order valence-corrected chi connectivity index (χ1v) is 9.06. The molecule has 0 amide bonds. The van der Waals surface area contributed by atoms with Gasteiger partial charge in [-0.15, -0.1) is 0 Å². The molecule has 0 spiro atoms. The van der Waals surface area contributed by atoms with Gasteiger partial charge in [0.25, 0.3) is 0 Å². The lowest BCUT2D eigenvalue weighted by Gasteiger charge is -2.26. The van der Waals surface area contributed by atoms with Crippen LogP contribution in [0.1, 0.15) is 18.1 Å². The van der Waals surface area contributed by atoms with Crippen molar-refractivity contribution in [2.45, 2.75) is 17.5 Å². The van der Waals surface area contributed by atoms with Crippen LogP contribution in [0.3, 0.4) is 0 Å². The largest absolute Gasteiger partial charge is 0.485 e. The predicted molar refractivity (Wildman–Crippen MR) is 105 cm³/mol. The van der Waals surface area contributed by atoms with Gasteiger partial charge in [0.2, 0.25) is 0 Å². The zero-order chi connectivity index (χ0) is 16.9. The van der Waals surface area contributed by atoms with Crippen molar-refractivity contribution in [3.05, 3.63) is 78.4 Å². The highest BCUT2D eigenvalue weighted by Gasteiger charge is 2.20. The van der Waals surface area contributed by atoms with E-state index in [1.807, 2.05) is 6.07 Å². The molecule has 0 fully saturated rings. The number of benzene rings is 3. The highest BCUT2D eigenvalue weighted by Crippen LogP contribution is 2.33.